The highest BCUT2D eigenvalue weighted by Gasteiger charge is 2.09. The highest BCUT2D eigenvalue weighted by atomic mass is 35.5. The SMILES string of the molecule is O=Cc1ccc2c(F)c(Cl)sc2c1. The Labute approximate surface area is 82.7 Å². The van der Waals surface area contributed by atoms with Crippen LogP contribution in [0, 0.1) is 5.82 Å². The maximum atomic E-state index is 13.2. The van der Waals surface area contributed by atoms with Crippen LogP contribution >= 0.6 is 22.9 Å². The highest BCUT2D eigenvalue weighted by molar-refractivity contribution is 7.22. The van der Waals surface area contributed by atoms with Gasteiger partial charge >= 0.3 is 0 Å². The summed E-state index contributed by atoms with van der Waals surface area (Å²) in [5.41, 5.74) is 0.533. The Morgan fingerprint density at radius 3 is 2.92 bits per heavy atom. The highest BCUT2D eigenvalue weighted by Crippen LogP contribution is 2.33. The monoisotopic (exact) mass is 214 g/mol. The average molecular weight is 215 g/mol. The van der Waals surface area contributed by atoms with Gasteiger partial charge in [0.2, 0.25) is 0 Å². The Hall–Kier alpha value is -0.930. The summed E-state index contributed by atoms with van der Waals surface area (Å²) in [6.45, 7) is 0. The van der Waals surface area contributed by atoms with Crippen molar-refractivity contribution >= 4 is 39.3 Å². The maximum absolute atomic E-state index is 13.2. The largest absolute Gasteiger partial charge is 0.298 e. The van der Waals surface area contributed by atoms with Gasteiger partial charge < -0.3 is 0 Å². The fraction of sp³-hybridized carbons (Fsp3) is 0. The van der Waals surface area contributed by atoms with Crippen LogP contribution in [0.25, 0.3) is 10.1 Å². The number of halogens is 2. The summed E-state index contributed by atoms with van der Waals surface area (Å²) in [6.07, 6.45) is 0.727. The molecule has 0 aliphatic rings. The van der Waals surface area contributed by atoms with Crippen molar-refractivity contribution in [2.24, 2.45) is 0 Å². The van der Waals surface area contributed by atoms with Crippen LogP contribution in [-0.4, -0.2) is 6.29 Å². The molecular weight excluding hydrogens is 211 g/mol. The molecule has 0 radical (unpaired) electrons. The van der Waals surface area contributed by atoms with Gasteiger partial charge in [-0.15, -0.1) is 11.3 Å². The molecule has 0 saturated carbocycles. The molecule has 0 aliphatic carbocycles. The van der Waals surface area contributed by atoms with E-state index in [4.69, 9.17) is 11.6 Å². The molecule has 66 valence electrons. The quantitative estimate of drug-likeness (QED) is 0.664. The van der Waals surface area contributed by atoms with Gasteiger partial charge in [-0.2, -0.15) is 0 Å². The van der Waals surface area contributed by atoms with Gasteiger partial charge in [0.1, 0.15) is 10.6 Å². The van der Waals surface area contributed by atoms with Crippen LogP contribution in [0.5, 0.6) is 0 Å². The average Bonchev–Trinajstić information content (AvgIpc) is 2.42. The van der Waals surface area contributed by atoms with E-state index in [9.17, 15) is 9.18 Å². The zero-order valence-electron chi connectivity index (χ0n) is 6.38. The first-order chi connectivity index (χ1) is 6.22. The first-order valence-corrected chi connectivity index (χ1v) is 4.74. The molecule has 0 amide bonds. The van der Waals surface area contributed by atoms with Crippen LogP contribution < -0.4 is 0 Å². The minimum absolute atomic E-state index is 0.137. The van der Waals surface area contributed by atoms with Gasteiger partial charge in [-0.05, 0) is 12.1 Å². The molecule has 0 fully saturated rings. The number of hydrogen-bond donors (Lipinski definition) is 0. The second-order valence-corrected chi connectivity index (χ2v) is 4.22. The lowest BCUT2D eigenvalue weighted by molar-refractivity contribution is 0.112. The fourth-order valence-corrected chi connectivity index (χ4v) is 2.33. The minimum atomic E-state index is -0.404. The lowest BCUT2D eigenvalue weighted by atomic mass is 10.2. The number of rotatable bonds is 1. The van der Waals surface area contributed by atoms with Crippen molar-refractivity contribution in [3.8, 4) is 0 Å². The lowest BCUT2D eigenvalue weighted by Gasteiger charge is -1.90. The summed E-state index contributed by atoms with van der Waals surface area (Å²) >= 11 is 6.74. The number of fused-ring (bicyclic) bond motifs is 1. The Morgan fingerprint density at radius 1 is 1.46 bits per heavy atom. The number of carbonyl (C=O) groups is 1. The smallest absolute Gasteiger partial charge is 0.160 e. The number of aldehydes is 1. The van der Waals surface area contributed by atoms with Crippen LogP contribution in [-0.2, 0) is 0 Å². The Morgan fingerprint density at radius 2 is 2.23 bits per heavy atom. The molecule has 1 aromatic carbocycles. The van der Waals surface area contributed by atoms with Crippen LogP contribution in [0.2, 0.25) is 4.34 Å². The Kier molecular flexibility index (Phi) is 2.06. The van der Waals surface area contributed by atoms with Gasteiger partial charge in [0.15, 0.2) is 5.82 Å². The van der Waals surface area contributed by atoms with Gasteiger partial charge in [-0.3, -0.25) is 4.79 Å². The molecule has 0 unspecified atom stereocenters. The van der Waals surface area contributed by atoms with Gasteiger partial charge in [0.25, 0.3) is 0 Å². The predicted octanol–water partition coefficient (Wildman–Crippen LogP) is 3.51. The summed E-state index contributed by atoms with van der Waals surface area (Å²) < 4.78 is 14.0. The fourth-order valence-electron chi connectivity index (χ4n) is 1.13. The summed E-state index contributed by atoms with van der Waals surface area (Å²) in [5.74, 6) is -0.404. The molecule has 2 aromatic rings. The third-order valence-electron chi connectivity index (χ3n) is 1.75. The lowest BCUT2D eigenvalue weighted by Crippen LogP contribution is -1.77. The second kappa shape index (κ2) is 3.09. The van der Waals surface area contributed by atoms with Crippen molar-refractivity contribution in [3.63, 3.8) is 0 Å². The third-order valence-corrected chi connectivity index (χ3v) is 3.06. The van der Waals surface area contributed by atoms with Crippen LogP contribution in [0.15, 0.2) is 18.2 Å². The van der Waals surface area contributed by atoms with E-state index in [1.165, 1.54) is 0 Å². The number of thiophene rings is 1. The number of carbonyl (C=O) groups excluding carboxylic acids is 1. The third kappa shape index (κ3) is 1.34. The molecule has 1 aromatic heterocycles. The van der Waals surface area contributed by atoms with E-state index in [2.05, 4.69) is 0 Å². The molecule has 0 atom stereocenters. The molecule has 0 saturated heterocycles. The van der Waals surface area contributed by atoms with Crippen molar-refractivity contribution in [2.45, 2.75) is 0 Å². The molecule has 0 N–H and O–H groups in total. The number of benzene rings is 1. The molecule has 1 heterocycles. The van der Waals surface area contributed by atoms with Crippen LogP contribution in [0.3, 0.4) is 0 Å². The maximum Gasteiger partial charge on any atom is 0.160 e. The Bertz CT molecular complexity index is 478. The van der Waals surface area contributed by atoms with Crippen molar-refractivity contribution in [1.29, 1.82) is 0 Å². The van der Waals surface area contributed by atoms with E-state index >= 15 is 0 Å². The van der Waals surface area contributed by atoms with E-state index in [1.807, 2.05) is 0 Å². The van der Waals surface area contributed by atoms with Crippen LogP contribution in [0.1, 0.15) is 10.4 Å². The minimum Gasteiger partial charge on any atom is -0.298 e. The van der Waals surface area contributed by atoms with Gasteiger partial charge in [0, 0.05) is 15.6 Å². The molecule has 0 aliphatic heterocycles. The van der Waals surface area contributed by atoms with E-state index < -0.39 is 5.82 Å². The first-order valence-electron chi connectivity index (χ1n) is 3.55. The van der Waals surface area contributed by atoms with Crippen molar-refractivity contribution in [3.05, 3.63) is 33.9 Å². The second-order valence-electron chi connectivity index (χ2n) is 2.56. The summed E-state index contributed by atoms with van der Waals surface area (Å²) in [7, 11) is 0. The van der Waals surface area contributed by atoms with E-state index in [0.717, 1.165) is 17.6 Å². The molecule has 13 heavy (non-hydrogen) atoms. The molecular formula is C9H4ClFOS. The van der Waals surface area contributed by atoms with Crippen molar-refractivity contribution < 1.29 is 9.18 Å². The summed E-state index contributed by atoms with van der Waals surface area (Å²) in [6, 6.07) is 4.76. The molecule has 2 rings (SSSR count). The molecule has 0 spiro atoms. The zero-order chi connectivity index (χ0) is 9.42. The van der Waals surface area contributed by atoms with Crippen molar-refractivity contribution in [2.75, 3.05) is 0 Å². The summed E-state index contributed by atoms with van der Waals surface area (Å²) in [5, 5.41) is 0.473. The normalized spacial score (nSPS) is 10.6. The Balaban J connectivity index is 2.79. The molecule has 0 bridgehead atoms. The standard InChI is InChI=1S/C9H4ClFOS/c10-9-8(11)6-2-1-5(4-12)3-7(6)13-9/h1-4H. The van der Waals surface area contributed by atoms with Gasteiger partial charge in [-0.1, -0.05) is 17.7 Å². The topological polar surface area (TPSA) is 17.1 Å². The van der Waals surface area contributed by atoms with Gasteiger partial charge in [-0.25, -0.2) is 4.39 Å². The first kappa shape index (κ1) is 8.66. The van der Waals surface area contributed by atoms with E-state index in [0.29, 0.717) is 15.6 Å². The number of hydrogen-bond acceptors (Lipinski definition) is 2. The summed E-state index contributed by atoms with van der Waals surface area (Å²) in [4.78, 5) is 10.4. The van der Waals surface area contributed by atoms with E-state index in [-0.39, 0.29) is 4.34 Å². The van der Waals surface area contributed by atoms with E-state index in [1.54, 1.807) is 18.2 Å². The zero-order valence-corrected chi connectivity index (χ0v) is 7.95. The molecule has 4 heteroatoms. The predicted molar refractivity (Wildman–Crippen MR) is 52.2 cm³/mol. The van der Waals surface area contributed by atoms with Crippen molar-refractivity contribution in [1.82, 2.24) is 0 Å². The van der Waals surface area contributed by atoms with Crippen LogP contribution in [0.4, 0.5) is 4.39 Å². The molecule has 1 nitrogen and oxygen atoms in total. The van der Waals surface area contributed by atoms with Gasteiger partial charge in [0.05, 0.1) is 0 Å².